The number of halogens is 4. The van der Waals surface area contributed by atoms with E-state index in [0.717, 1.165) is 11.6 Å². The highest BCUT2D eigenvalue weighted by atomic mass is 19.4. The van der Waals surface area contributed by atoms with Gasteiger partial charge >= 0.3 is 12.1 Å². The SMILES string of the molecule is O=C(O)CC1COc2cc(OC3CCc4c3cc(F)cc4C(F)(F)F)ccc21. The summed E-state index contributed by atoms with van der Waals surface area (Å²) < 4.78 is 64.7. The number of carbonyl (C=O) groups is 1. The van der Waals surface area contributed by atoms with E-state index in [-0.39, 0.29) is 36.5 Å². The summed E-state index contributed by atoms with van der Waals surface area (Å²) in [7, 11) is 0. The Morgan fingerprint density at radius 2 is 2.00 bits per heavy atom. The molecule has 2 aliphatic rings. The molecule has 1 N–H and O–H groups in total. The van der Waals surface area contributed by atoms with E-state index < -0.39 is 29.6 Å². The number of alkyl halides is 3. The molecule has 1 aliphatic carbocycles. The molecule has 1 aliphatic heterocycles. The number of hydrogen-bond donors (Lipinski definition) is 1. The fourth-order valence-corrected chi connectivity index (χ4v) is 3.90. The zero-order chi connectivity index (χ0) is 20.1. The summed E-state index contributed by atoms with van der Waals surface area (Å²) in [5, 5.41) is 8.95. The number of ether oxygens (including phenoxy) is 2. The quantitative estimate of drug-likeness (QED) is 0.750. The Balaban J connectivity index is 1.58. The summed E-state index contributed by atoms with van der Waals surface area (Å²) in [6.45, 7) is 0.248. The molecule has 2 aromatic rings. The standard InChI is InChI=1S/C20H16F4O4/c21-11-6-15-14(16(7-11)20(22,23)24)3-4-17(15)28-12-1-2-13-10(5-19(25)26)9-27-18(13)8-12/h1-2,6-8,10,17H,3-5,9H2,(H,25,26). The van der Waals surface area contributed by atoms with E-state index >= 15 is 0 Å². The number of rotatable bonds is 4. The second kappa shape index (κ2) is 6.68. The third-order valence-electron chi connectivity index (χ3n) is 5.12. The van der Waals surface area contributed by atoms with Crippen molar-refractivity contribution in [2.24, 2.45) is 0 Å². The van der Waals surface area contributed by atoms with Gasteiger partial charge in [0.15, 0.2) is 0 Å². The Hall–Kier alpha value is -2.77. The van der Waals surface area contributed by atoms with Crippen LogP contribution < -0.4 is 9.47 Å². The number of fused-ring (bicyclic) bond motifs is 2. The van der Waals surface area contributed by atoms with Crippen LogP contribution in [0.2, 0.25) is 0 Å². The molecule has 0 fully saturated rings. The molecule has 8 heteroatoms. The molecule has 4 nitrogen and oxygen atoms in total. The van der Waals surface area contributed by atoms with Crippen LogP contribution in [0.3, 0.4) is 0 Å². The van der Waals surface area contributed by atoms with Crippen LogP contribution in [0.1, 0.15) is 47.1 Å². The van der Waals surface area contributed by atoms with Gasteiger partial charge < -0.3 is 14.6 Å². The minimum atomic E-state index is -4.62. The van der Waals surface area contributed by atoms with E-state index in [1.807, 2.05) is 0 Å². The molecular formula is C20H16F4O4. The van der Waals surface area contributed by atoms with Gasteiger partial charge in [0, 0.05) is 17.5 Å². The number of carboxylic acids is 1. The molecule has 0 saturated heterocycles. The first kappa shape index (κ1) is 18.6. The highest BCUT2D eigenvalue weighted by Crippen LogP contribution is 2.44. The predicted octanol–water partition coefficient (Wildman–Crippen LogP) is 4.86. The molecular weight excluding hydrogens is 380 g/mol. The molecule has 0 bridgehead atoms. The zero-order valence-corrected chi connectivity index (χ0v) is 14.6. The van der Waals surface area contributed by atoms with E-state index in [9.17, 15) is 22.4 Å². The fourth-order valence-electron chi connectivity index (χ4n) is 3.90. The van der Waals surface area contributed by atoms with Gasteiger partial charge in [0.05, 0.1) is 18.6 Å². The number of hydrogen-bond acceptors (Lipinski definition) is 3. The Bertz CT molecular complexity index is 939. The first-order valence-corrected chi connectivity index (χ1v) is 8.77. The van der Waals surface area contributed by atoms with Crippen LogP contribution in [-0.4, -0.2) is 17.7 Å². The van der Waals surface area contributed by atoms with E-state index in [1.54, 1.807) is 18.2 Å². The number of carboxylic acid groups (broad SMARTS) is 1. The first-order valence-electron chi connectivity index (χ1n) is 8.77. The average Bonchev–Trinajstić information content (AvgIpc) is 3.17. The third kappa shape index (κ3) is 3.39. The number of aliphatic carboxylic acids is 1. The molecule has 2 atom stereocenters. The first-order chi connectivity index (χ1) is 13.2. The van der Waals surface area contributed by atoms with Crippen LogP contribution in [0, 0.1) is 5.82 Å². The highest BCUT2D eigenvalue weighted by Gasteiger charge is 2.39. The summed E-state index contributed by atoms with van der Waals surface area (Å²) >= 11 is 0. The lowest BCUT2D eigenvalue weighted by Gasteiger charge is -2.17. The highest BCUT2D eigenvalue weighted by molar-refractivity contribution is 5.68. The zero-order valence-electron chi connectivity index (χ0n) is 14.6. The summed E-state index contributed by atoms with van der Waals surface area (Å²) in [5.74, 6) is -1.25. The molecule has 0 saturated carbocycles. The van der Waals surface area contributed by atoms with E-state index in [1.165, 1.54) is 0 Å². The van der Waals surface area contributed by atoms with Crippen LogP contribution in [0.5, 0.6) is 11.5 Å². The van der Waals surface area contributed by atoms with E-state index in [4.69, 9.17) is 14.6 Å². The summed E-state index contributed by atoms with van der Waals surface area (Å²) in [6.07, 6.45) is -4.91. The van der Waals surface area contributed by atoms with E-state index in [2.05, 4.69) is 0 Å². The summed E-state index contributed by atoms with van der Waals surface area (Å²) in [5.41, 5.74) is 0.0738. The monoisotopic (exact) mass is 396 g/mol. The van der Waals surface area contributed by atoms with Crippen molar-refractivity contribution >= 4 is 5.97 Å². The van der Waals surface area contributed by atoms with Crippen molar-refractivity contribution in [3.05, 3.63) is 58.4 Å². The Labute approximate surface area is 157 Å². The van der Waals surface area contributed by atoms with Gasteiger partial charge in [-0.15, -0.1) is 0 Å². The maximum absolute atomic E-state index is 13.8. The lowest BCUT2D eigenvalue weighted by molar-refractivity contribution is -0.139. The van der Waals surface area contributed by atoms with Crippen molar-refractivity contribution < 1.29 is 36.9 Å². The van der Waals surface area contributed by atoms with Crippen LogP contribution >= 0.6 is 0 Å². The smallest absolute Gasteiger partial charge is 0.416 e. The fraction of sp³-hybridized carbons (Fsp3) is 0.350. The van der Waals surface area contributed by atoms with Crippen LogP contribution in [0.25, 0.3) is 0 Å². The van der Waals surface area contributed by atoms with E-state index in [0.29, 0.717) is 24.0 Å². The van der Waals surface area contributed by atoms with Crippen molar-refractivity contribution in [1.29, 1.82) is 0 Å². The van der Waals surface area contributed by atoms with Crippen LogP contribution in [0.4, 0.5) is 17.6 Å². The van der Waals surface area contributed by atoms with Gasteiger partial charge in [-0.3, -0.25) is 4.79 Å². The maximum atomic E-state index is 13.8. The van der Waals surface area contributed by atoms with Crippen molar-refractivity contribution in [3.8, 4) is 11.5 Å². The van der Waals surface area contributed by atoms with Gasteiger partial charge in [-0.2, -0.15) is 13.2 Å². The third-order valence-corrected chi connectivity index (χ3v) is 5.12. The van der Waals surface area contributed by atoms with Crippen LogP contribution in [0.15, 0.2) is 30.3 Å². The van der Waals surface area contributed by atoms with Gasteiger partial charge in [0.1, 0.15) is 23.4 Å². The molecule has 2 unspecified atom stereocenters. The predicted molar refractivity (Wildman–Crippen MR) is 90.0 cm³/mol. The molecule has 0 spiro atoms. The van der Waals surface area contributed by atoms with Crippen molar-refractivity contribution in [2.45, 2.75) is 37.5 Å². The van der Waals surface area contributed by atoms with Gasteiger partial charge in [-0.05, 0) is 42.2 Å². The van der Waals surface area contributed by atoms with Crippen LogP contribution in [-0.2, 0) is 17.4 Å². The Morgan fingerprint density at radius 3 is 2.71 bits per heavy atom. The second-order valence-electron chi connectivity index (χ2n) is 6.97. The van der Waals surface area contributed by atoms with Crippen molar-refractivity contribution in [1.82, 2.24) is 0 Å². The molecule has 148 valence electrons. The Kier molecular flexibility index (Phi) is 4.44. The minimum absolute atomic E-state index is 0.0529. The molecule has 1 heterocycles. The summed E-state index contributed by atoms with van der Waals surface area (Å²) in [6, 6.07) is 6.54. The minimum Gasteiger partial charge on any atom is -0.492 e. The molecule has 0 aromatic heterocycles. The molecule has 0 radical (unpaired) electrons. The van der Waals surface area contributed by atoms with Crippen molar-refractivity contribution in [2.75, 3.05) is 6.61 Å². The Morgan fingerprint density at radius 1 is 1.21 bits per heavy atom. The average molecular weight is 396 g/mol. The van der Waals surface area contributed by atoms with Gasteiger partial charge in [-0.25, -0.2) is 4.39 Å². The molecule has 4 rings (SSSR count). The largest absolute Gasteiger partial charge is 0.492 e. The second-order valence-corrected chi connectivity index (χ2v) is 6.97. The molecule has 2 aromatic carbocycles. The number of benzene rings is 2. The lowest BCUT2D eigenvalue weighted by Crippen LogP contribution is -2.11. The molecule has 28 heavy (non-hydrogen) atoms. The molecule has 0 amide bonds. The maximum Gasteiger partial charge on any atom is 0.416 e. The van der Waals surface area contributed by atoms with Gasteiger partial charge in [0.25, 0.3) is 0 Å². The normalized spacial score (nSPS) is 20.4. The lowest BCUT2D eigenvalue weighted by atomic mass is 9.98. The van der Waals surface area contributed by atoms with Gasteiger partial charge in [0.2, 0.25) is 0 Å². The van der Waals surface area contributed by atoms with Gasteiger partial charge in [-0.1, -0.05) is 6.07 Å². The topological polar surface area (TPSA) is 55.8 Å². The van der Waals surface area contributed by atoms with Crippen molar-refractivity contribution in [3.63, 3.8) is 0 Å². The summed E-state index contributed by atoms with van der Waals surface area (Å²) in [4.78, 5) is 10.9.